The molecule has 24 heavy (non-hydrogen) atoms. The van der Waals surface area contributed by atoms with Crippen LogP contribution < -0.4 is 10.1 Å². The fraction of sp³-hybridized carbons (Fsp3) is 0.429. The molecule has 1 aliphatic rings. The smallest absolute Gasteiger partial charge is 0.127 e. The molecule has 0 aromatic heterocycles. The topological polar surface area (TPSA) is 21.3 Å². The quantitative estimate of drug-likeness (QED) is 0.773. The van der Waals surface area contributed by atoms with Crippen LogP contribution in [0.1, 0.15) is 41.7 Å². The minimum Gasteiger partial charge on any atom is -0.485 e. The minimum atomic E-state index is -0.222. The van der Waals surface area contributed by atoms with Gasteiger partial charge in [0, 0.05) is 29.0 Å². The van der Waals surface area contributed by atoms with Gasteiger partial charge in [0.25, 0.3) is 0 Å². The Morgan fingerprint density at radius 3 is 2.46 bits per heavy atom. The summed E-state index contributed by atoms with van der Waals surface area (Å²) in [6, 6.07) is 10.8. The SMILES string of the molecule is Cc1c(C)c2c(c(C)c1Br)CC(C)(C(C)NCc1ccccc1)O2. The van der Waals surface area contributed by atoms with Crippen molar-refractivity contribution in [1.82, 2.24) is 5.32 Å². The Kier molecular flexibility index (Phi) is 4.76. The number of halogens is 1. The van der Waals surface area contributed by atoms with Crippen LogP contribution in [0.25, 0.3) is 0 Å². The third-order valence-corrected chi connectivity index (χ3v) is 6.71. The summed E-state index contributed by atoms with van der Waals surface area (Å²) in [4.78, 5) is 0. The third-order valence-electron chi connectivity index (χ3n) is 5.52. The number of hydrogen-bond donors (Lipinski definition) is 1. The molecule has 0 saturated heterocycles. The Hall–Kier alpha value is -1.32. The van der Waals surface area contributed by atoms with Crippen LogP contribution in [-0.2, 0) is 13.0 Å². The van der Waals surface area contributed by atoms with Gasteiger partial charge in [0.05, 0.1) is 0 Å². The Balaban J connectivity index is 1.80. The van der Waals surface area contributed by atoms with Gasteiger partial charge in [0.1, 0.15) is 11.4 Å². The van der Waals surface area contributed by atoms with Crippen LogP contribution >= 0.6 is 15.9 Å². The van der Waals surface area contributed by atoms with Crippen LogP contribution in [0.15, 0.2) is 34.8 Å². The molecule has 0 aliphatic carbocycles. The lowest BCUT2D eigenvalue weighted by Crippen LogP contribution is -2.50. The first-order chi connectivity index (χ1) is 11.3. The van der Waals surface area contributed by atoms with Crippen LogP contribution in [0.2, 0.25) is 0 Å². The van der Waals surface area contributed by atoms with E-state index in [-0.39, 0.29) is 11.6 Å². The first-order valence-corrected chi connectivity index (χ1v) is 9.37. The molecule has 2 atom stereocenters. The zero-order valence-electron chi connectivity index (χ0n) is 15.2. The summed E-state index contributed by atoms with van der Waals surface area (Å²) in [6.45, 7) is 11.8. The van der Waals surface area contributed by atoms with E-state index < -0.39 is 0 Å². The van der Waals surface area contributed by atoms with Crippen molar-refractivity contribution in [3.05, 3.63) is 62.6 Å². The monoisotopic (exact) mass is 387 g/mol. The fourth-order valence-electron chi connectivity index (χ4n) is 3.44. The predicted octanol–water partition coefficient (Wildman–Crippen LogP) is 5.25. The van der Waals surface area contributed by atoms with E-state index in [0.717, 1.165) is 18.7 Å². The third kappa shape index (κ3) is 3.00. The van der Waals surface area contributed by atoms with Crippen molar-refractivity contribution in [1.29, 1.82) is 0 Å². The molecule has 2 nitrogen and oxygen atoms in total. The number of benzene rings is 2. The predicted molar refractivity (Wildman–Crippen MR) is 104 cm³/mol. The zero-order chi connectivity index (χ0) is 17.5. The van der Waals surface area contributed by atoms with Gasteiger partial charge < -0.3 is 10.1 Å². The molecule has 128 valence electrons. The average molecular weight is 388 g/mol. The van der Waals surface area contributed by atoms with Crippen molar-refractivity contribution in [2.45, 2.75) is 59.2 Å². The molecular weight excluding hydrogens is 362 g/mol. The highest BCUT2D eigenvalue weighted by Gasteiger charge is 2.41. The molecule has 1 N–H and O–H groups in total. The van der Waals surface area contributed by atoms with E-state index in [2.05, 4.69) is 86.2 Å². The summed E-state index contributed by atoms with van der Waals surface area (Å²) in [5, 5.41) is 3.65. The largest absolute Gasteiger partial charge is 0.485 e. The summed E-state index contributed by atoms with van der Waals surface area (Å²) < 4.78 is 7.73. The molecule has 1 aliphatic heterocycles. The van der Waals surface area contributed by atoms with Crippen molar-refractivity contribution < 1.29 is 4.74 Å². The molecule has 0 amide bonds. The van der Waals surface area contributed by atoms with E-state index in [1.54, 1.807) is 0 Å². The van der Waals surface area contributed by atoms with Gasteiger partial charge in [0.15, 0.2) is 0 Å². The number of hydrogen-bond acceptors (Lipinski definition) is 2. The van der Waals surface area contributed by atoms with Gasteiger partial charge >= 0.3 is 0 Å². The second kappa shape index (κ2) is 6.53. The van der Waals surface area contributed by atoms with E-state index in [4.69, 9.17) is 4.74 Å². The molecular formula is C21H26BrNO. The van der Waals surface area contributed by atoms with Crippen molar-refractivity contribution in [2.75, 3.05) is 0 Å². The van der Waals surface area contributed by atoms with Crippen molar-refractivity contribution in [3.63, 3.8) is 0 Å². The van der Waals surface area contributed by atoms with Gasteiger partial charge in [-0.1, -0.05) is 46.3 Å². The molecule has 2 unspecified atom stereocenters. The molecule has 3 heteroatoms. The summed E-state index contributed by atoms with van der Waals surface area (Å²) in [5.74, 6) is 1.09. The molecule has 0 radical (unpaired) electrons. The molecule has 0 saturated carbocycles. The van der Waals surface area contributed by atoms with Crippen LogP contribution in [-0.4, -0.2) is 11.6 Å². The Labute approximate surface area is 153 Å². The van der Waals surface area contributed by atoms with Crippen molar-refractivity contribution in [3.8, 4) is 5.75 Å². The number of rotatable bonds is 4. The maximum atomic E-state index is 6.51. The van der Waals surface area contributed by atoms with E-state index in [0.29, 0.717) is 0 Å². The van der Waals surface area contributed by atoms with Gasteiger partial charge in [-0.15, -0.1) is 0 Å². The minimum absolute atomic E-state index is 0.222. The number of ether oxygens (including phenoxy) is 1. The maximum Gasteiger partial charge on any atom is 0.127 e. The summed E-state index contributed by atoms with van der Waals surface area (Å²) >= 11 is 3.75. The number of fused-ring (bicyclic) bond motifs is 1. The summed E-state index contributed by atoms with van der Waals surface area (Å²) in [7, 11) is 0. The first-order valence-electron chi connectivity index (χ1n) is 8.58. The highest BCUT2D eigenvalue weighted by molar-refractivity contribution is 9.10. The van der Waals surface area contributed by atoms with Crippen LogP contribution in [0.4, 0.5) is 0 Å². The molecule has 2 aromatic carbocycles. The normalized spacial score (nSPS) is 20.6. The van der Waals surface area contributed by atoms with Gasteiger partial charge in [0.2, 0.25) is 0 Å². The summed E-state index contributed by atoms with van der Waals surface area (Å²) in [5.41, 5.74) is 6.27. The standard InChI is InChI=1S/C21H26BrNO/c1-13-14(2)20-18(15(3)19(13)22)11-21(5,24-20)16(4)23-12-17-9-7-6-8-10-17/h6-10,16,23H,11-12H2,1-5H3. The highest BCUT2D eigenvalue weighted by Crippen LogP contribution is 2.45. The van der Waals surface area contributed by atoms with Crippen molar-refractivity contribution in [2.24, 2.45) is 0 Å². The molecule has 0 spiro atoms. The van der Waals surface area contributed by atoms with Gasteiger partial charge in [-0.05, 0) is 56.9 Å². The lowest BCUT2D eigenvalue weighted by atomic mass is 9.89. The molecule has 0 bridgehead atoms. The maximum absolute atomic E-state index is 6.51. The Morgan fingerprint density at radius 1 is 1.12 bits per heavy atom. The van der Waals surface area contributed by atoms with E-state index in [1.807, 2.05) is 0 Å². The first kappa shape index (κ1) is 17.5. The second-order valence-electron chi connectivity index (χ2n) is 7.18. The Morgan fingerprint density at radius 2 is 1.79 bits per heavy atom. The Bertz CT molecular complexity index is 717. The van der Waals surface area contributed by atoms with Gasteiger partial charge in [-0.3, -0.25) is 0 Å². The molecule has 0 fully saturated rings. The van der Waals surface area contributed by atoms with Crippen LogP contribution in [0.3, 0.4) is 0 Å². The number of nitrogens with one attached hydrogen (secondary N) is 1. The molecule has 1 heterocycles. The molecule has 3 rings (SSSR count). The highest BCUT2D eigenvalue weighted by atomic mass is 79.9. The summed E-state index contributed by atoms with van der Waals surface area (Å²) in [6.07, 6.45) is 0.941. The van der Waals surface area contributed by atoms with Crippen LogP contribution in [0.5, 0.6) is 5.75 Å². The average Bonchev–Trinajstić information content (AvgIpc) is 2.96. The van der Waals surface area contributed by atoms with E-state index in [9.17, 15) is 0 Å². The molecule has 2 aromatic rings. The van der Waals surface area contributed by atoms with Crippen LogP contribution in [0, 0.1) is 20.8 Å². The lowest BCUT2D eigenvalue weighted by Gasteiger charge is -2.32. The van der Waals surface area contributed by atoms with Gasteiger partial charge in [-0.2, -0.15) is 0 Å². The zero-order valence-corrected chi connectivity index (χ0v) is 16.8. The lowest BCUT2D eigenvalue weighted by molar-refractivity contribution is 0.0747. The second-order valence-corrected chi connectivity index (χ2v) is 7.97. The van der Waals surface area contributed by atoms with Gasteiger partial charge in [-0.25, -0.2) is 0 Å². The van der Waals surface area contributed by atoms with Crippen molar-refractivity contribution >= 4 is 15.9 Å². The van der Waals surface area contributed by atoms with E-state index >= 15 is 0 Å². The van der Waals surface area contributed by atoms with E-state index in [1.165, 1.54) is 32.3 Å². The fourth-order valence-corrected chi connectivity index (χ4v) is 3.98.